The van der Waals surface area contributed by atoms with Crippen LogP contribution in [-0.2, 0) is 23.3 Å². The fraction of sp³-hybridized carbons (Fsp3) is 0.364. The molecule has 1 aliphatic rings. The van der Waals surface area contributed by atoms with Crippen LogP contribution >= 0.6 is 0 Å². The fourth-order valence-electron chi connectivity index (χ4n) is 3.98. The van der Waals surface area contributed by atoms with Gasteiger partial charge in [0.05, 0.1) is 19.8 Å². The molecule has 1 aliphatic heterocycles. The van der Waals surface area contributed by atoms with Crippen molar-refractivity contribution in [3.05, 3.63) is 88.1 Å². The van der Waals surface area contributed by atoms with Crippen LogP contribution in [0.1, 0.15) is 29.8 Å². The number of piperidine rings is 1. The topological polar surface area (TPSA) is 74.0 Å². The highest BCUT2D eigenvalue weighted by Gasteiger charge is 2.36. The molecule has 0 amide bonds. The summed E-state index contributed by atoms with van der Waals surface area (Å²) in [5, 5.41) is 6.46. The van der Waals surface area contributed by atoms with E-state index in [2.05, 4.69) is 62.5 Å². The summed E-state index contributed by atoms with van der Waals surface area (Å²) in [7, 11) is 0. The zero-order chi connectivity index (χ0) is 19.2. The molecule has 4 rings (SSSR count). The lowest BCUT2D eigenvalue weighted by Crippen LogP contribution is -2.45. The van der Waals surface area contributed by atoms with Gasteiger partial charge >= 0.3 is 5.69 Å². The van der Waals surface area contributed by atoms with Crippen molar-refractivity contribution >= 4 is 0 Å². The molecule has 0 aliphatic carbocycles. The van der Waals surface area contributed by atoms with Gasteiger partial charge in [0.25, 0.3) is 0 Å². The summed E-state index contributed by atoms with van der Waals surface area (Å²) < 4.78 is 6.19. The van der Waals surface area contributed by atoms with Crippen LogP contribution in [0.15, 0.2) is 65.5 Å². The number of H-pyrrole nitrogens is 2. The third kappa shape index (κ3) is 4.40. The minimum Gasteiger partial charge on any atom is -0.376 e. The van der Waals surface area contributed by atoms with E-state index in [1.165, 1.54) is 11.1 Å². The number of nitrogens with zero attached hydrogens (tertiary/aromatic N) is 2. The Bertz CT molecular complexity index is 912. The van der Waals surface area contributed by atoms with Crippen LogP contribution in [0.4, 0.5) is 0 Å². The molecule has 2 aromatic carbocycles. The van der Waals surface area contributed by atoms with E-state index in [1.54, 1.807) is 0 Å². The Hall–Kier alpha value is -2.70. The van der Waals surface area contributed by atoms with E-state index in [9.17, 15) is 4.79 Å². The monoisotopic (exact) mass is 378 g/mol. The van der Waals surface area contributed by atoms with E-state index < -0.39 is 0 Å². The Morgan fingerprint density at radius 3 is 2.32 bits per heavy atom. The minimum atomic E-state index is -0.250. The molecule has 0 bridgehead atoms. The number of rotatable bonds is 7. The smallest absolute Gasteiger partial charge is 0.340 e. The molecule has 28 heavy (non-hydrogen) atoms. The maximum Gasteiger partial charge on any atom is 0.340 e. The van der Waals surface area contributed by atoms with Crippen LogP contribution in [0.25, 0.3) is 0 Å². The number of benzene rings is 2. The van der Waals surface area contributed by atoms with Crippen molar-refractivity contribution in [3.63, 3.8) is 0 Å². The highest BCUT2D eigenvalue weighted by molar-refractivity contribution is 5.26. The van der Waals surface area contributed by atoms with Gasteiger partial charge in [0, 0.05) is 5.41 Å². The van der Waals surface area contributed by atoms with Gasteiger partial charge in [0.15, 0.2) is 0 Å². The summed E-state index contributed by atoms with van der Waals surface area (Å²) in [6.07, 6.45) is 2.03. The predicted octanol–water partition coefficient (Wildman–Crippen LogP) is 2.85. The van der Waals surface area contributed by atoms with Crippen molar-refractivity contribution in [1.29, 1.82) is 0 Å². The van der Waals surface area contributed by atoms with Crippen molar-refractivity contribution in [2.75, 3.05) is 19.7 Å². The van der Waals surface area contributed by atoms with Gasteiger partial charge in [-0.05, 0) is 37.1 Å². The maximum absolute atomic E-state index is 11.2. The molecule has 1 saturated heterocycles. The standard InChI is InChI=1S/C22H26N4O2/c27-21-23-20(24-25-21)15-26-13-11-22(12-14-26,19-9-5-2-6-10-19)17-28-16-18-7-3-1-4-8-18/h1-10H,11-17H2,(H2,23,24,25,27). The highest BCUT2D eigenvalue weighted by Crippen LogP contribution is 2.36. The molecule has 1 fully saturated rings. The summed E-state index contributed by atoms with van der Waals surface area (Å²) in [4.78, 5) is 16.3. The van der Waals surface area contributed by atoms with Crippen molar-refractivity contribution in [1.82, 2.24) is 20.1 Å². The molecular formula is C22H26N4O2. The molecule has 3 aromatic rings. The molecule has 2 N–H and O–H groups in total. The summed E-state index contributed by atoms with van der Waals surface area (Å²) in [5.41, 5.74) is 2.31. The molecule has 146 valence electrons. The van der Waals surface area contributed by atoms with Gasteiger partial charge in [-0.25, -0.2) is 9.89 Å². The van der Waals surface area contributed by atoms with Gasteiger partial charge in [-0.2, -0.15) is 5.10 Å². The largest absolute Gasteiger partial charge is 0.376 e. The molecule has 6 heteroatoms. The maximum atomic E-state index is 11.2. The van der Waals surface area contributed by atoms with Crippen molar-refractivity contribution in [2.24, 2.45) is 0 Å². The Morgan fingerprint density at radius 2 is 1.68 bits per heavy atom. The predicted molar refractivity (Wildman–Crippen MR) is 108 cm³/mol. The van der Waals surface area contributed by atoms with E-state index in [-0.39, 0.29) is 11.1 Å². The Morgan fingerprint density at radius 1 is 1.00 bits per heavy atom. The summed E-state index contributed by atoms with van der Waals surface area (Å²) in [6.45, 7) is 3.89. The van der Waals surface area contributed by atoms with Gasteiger partial charge in [-0.15, -0.1) is 0 Å². The second-order valence-corrected chi connectivity index (χ2v) is 7.53. The van der Waals surface area contributed by atoms with Gasteiger partial charge < -0.3 is 4.74 Å². The number of hydrogen-bond donors (Lipinski definition) is 2. The summed E-state index contributed by atoms with van der Waals surface area (Å²) in [6, 6.07) is 21.0. The second kappa shape index (κ2) is 8.54. The first-order valence-corrected chi connectivity index (χ1v) is 9.77. The number of hydrogen-bond acceptors (Lipinski definition) is 4. The van der Waals surface area contributed by atoms with E-state index in [1.807, 2.05) is 18.2 Å². The zero-order valence-electron chi connectivity index (χ0n) is 15.9. The SMILES string of the molecule is O=c1[nH]nc(CN2CCC(COCc3ccccc3)(c3ccccc3)CC2)[nH]1. The minimum absolute atomic E-state index is 0.0194. The molecular weight excluding hydrogens is 352 g/mol. The normalized spacial score (nSPS) is 16.9. The van der Waals surface area contributed by atoms with Crippen LogP contribution in [0.5, 0.6) is 0 Å². The first-order valence-electron chi connectivity index (χ1n) is 9.77. The average Bonchev–Trinajstić information content (AvgIpc) is 3.15. The molecule has 0 radical (unpaired) electrons. The molecule has 2 heterocycles. The first-order chi connectivity index (χ1) is 13.7. The van der Waals surface area contributed by atoms with Crippen LogP contribution < -0.4 is 5.69 Å². The van der Waals surface area contributed by atoms with Gasteiger partial charge in [-0.3, -0.25) is 9.88 Å². The lowest BCUT2D eigenvalue weighted by atomic mass is 9.73. The molecule has 0 atom stereocenters. The molecule has 0 saturated carbocycles. The van der Waals surface area contributed by atoms with Crippen molar-refractivity contribution in [3.8, 4) is 0 Å². The zero-order valence-corrected chi connectivity index (χ0v) is 15.9. The van der Waals surface area contributed by atoms with Gasteiger partial charge in [0.2, 0.25) is 0 Å². The third-order valence-corrected chi connectivity index (χ3v) is 5.61. The lowest BCUT2D eigenvalue weighted by Gasteiger charge is -2.42. The van der Waals surface area contributed by atoms with Crippen LogP contribution in [0, 0.1) is 0 Å². The van der Waals surface area contributed by atoms with Crippen LogP contribution in [0.3, 0.4) is 0 Å². The fourth-order valence-corrected chi connectivity index (χ4v) is 3.98. The number of aromatic amines is 2. The quantitative estimate of drug-likeness (QED) is 0.663. The number of likely N-dealkylation sites (tertiary alicyclic amines) is 1. The Kier molecular flexibility index (Phi) is 5.69. The molecule has 0 unspecified atom stereocenters. The molecule has 1 aromatic heterocycles. The number of aromatic nitrogens is 3. The van der Waals surface area contributed by atoms with E-state index in [0.29, 0.717) is 25.6 Å². The highest BCUT2D eigenvalue weighted by atomic mass is 16.5. The second-order valence-electron chi connectivity index (χ2n) is 7.53. The molecule has 6 nitrogen and oxygen atoms in total. The Labute approximate surface area is 164 Å². The lowest BCUT2D eigenvalue weighted by molar-refractivity contribution is 0.0342. The van der Waals surface area contributed by atoms with E-state index in [4.69, 9.17) is 4.74 Å². The van der Waals surface area contributed by atoms with Gasteiger partial charge in [0.1, 0.15) is 5.82 Å². The number of ether oxygens (including phenoxy) is 1. The summed E-state index contributed by atoms with van der Waals surface area (Å²) >= 11 is 0. The first kappa shape index (κ1) is 18.7. The van der Waals surface area contributed by atoms with Crippen molar-refractivity contribution < 1.29 is 4.74 Å². The van der Waals surface area contributed by atoms with E-state index in [0.717, 1.165) is 25.9 Å². The Balaban J connectivity index is 1.42. The summed E-state index contributed by atoms with van der Waals surface area (Å²) in [5.74, 6) is 0.692. The van der Waals surface area contributed by atoms with Crippen LogP contribution in [0.2, 0.25) is 0 Å². The number of nitrogens with one attached hydrogen (secondary N) is 2. The van der Waals surface area contributed by atoms with Crippen LogP contribution in [-0.4, -0.2) is 39.8 Å². The molecule has 0 spiro atoms. The third-order valence-electron chi connectivity index (χ3n) is 5.61. The van der Waals surface area contributed by atoms with E-state index >= 15 is 0 Å². The average molecular weight is 378 g/mol. The van der Waals surface area contributed by atoms with Gasteiger partial charge in [-0.1, -0.05) is 60.7 Å². The van der Waals surface area contributed by atoms with Crippen molar-refractivity contribution in [2.45, 2.75) is 31.4 Å².